The van der Waals surface area contributed by atoms with Gasteiger partial charge in [0.1, 0.15) is 5.82 Å². The maximum atomic E-state index is 13.5. The average Bonchev–Trinajstić information content (AvgIpc) is 2.46. The highest BCUT2D eigenvalue weighted by Crippen LogP contribution is 2.20. The Morgan fingerprint density at radius 1 is 1.14 bits per heavy atom. The van der Waals surface area contributed by atoms with Gasteiger partial charge in [-0.3, -0.25) is 0 Å². The number of hydrogen-bond donors (Lipinski definition) is 2. The summed E-state index contributed by atoms with van der Waals surface area (Å²) in [5, 5.41) is 0. The second-order valence-corrected chi connectivity index (χ2v) is 6.37. The molecule has 0 aliphatic heterocycles. The molecule has 0 radical (unpaired) electrons. The Bertz CT molecular complexity index is 745. The summed E-state index contributed by atoms with van der Waals surface area (Å²) in [5.41, 5.74) is 7.00. The average molecular weight is 308 g/mol. The van der Waals surface area contributed by atoms with E-state index in [1.165, 1.54) is 18.2 Å². The zero-order chi connectivity index (χ0) is 15.5. The minimum atomic E-state index is -3.74. The molecule has 2 rings (SSSR count). The lowest BCUT2D eigenvalue weighted by Crippen LogP contribution is -2.25. The van der Waals surface area contributed by atoms with E-state index in [-0.39, 0.29) is 11.4 Å². The Morgan fingerprint density at radius 3 is 2.52 bits per heavy atom. The number of rotatable bonds is 5. The number of aryl methyl sites for hydroxylation is 1. The molecule has 0 saturated heterocycles. The first kappa shape index (κ1) is 15.5. The molecule has 6 heteroatoms. The molecule has 2 aromatic rings. The molecule has 0 aliphatic carbocycles. The van der Waals surface area contributed by atoms with Crippen LogP contribution in [-0.4, -0.2) is 8.42 Å². The highest BCUT2D eigenvalue weighted by Gasteiger charge is 2.18. The highest BCUT2D eigenvalue weighted by molar-refractivity contribution is 7.89. The van der Waals surface area contributed by atoms with Gasteiger partial charge in [0.15, 0.2) is 0 Å². The third-order valence-corrected chi connectivity index (χ3v) is 4.66. The summed E-state index contributed by atoms with van der Waals surface area (Å²) in [7, 11) is -3.74. The molecule has 0 heterocycles. The summed E-state index contributed by atoms with van der Waals surface area (Å²) in [4.78, 5) is 0.140. The number of hydrogen-bond acceptors (Lipinski definition) is 3. The van der Waals surface area contributed by atoms with Crippen LogP contribution in [0, 0.1) is 5.82 Å². The van der Waals surface area contributed by atoms with Gasteiger partial charge >= 0.3 is 0 Å². The zero-order valence-corrected chi connectivity index (χ0v) is 12.5. The van der Waals surface area contributed by atoms with Crippen LogP contribution >= 0.6 is 0 Å². The number of nitrogen functional groups attached to an aromatic ring is 1. The number of halogens is 1. The van der Waals surface area contributed by atoms with E-state index in [9.17, 15) is 12.8 Å². The van der Waals surface area contributed by atoms with Crippen LogP contribution in [0.4, 0.5) is 10.1 Å². The van der Waals surface area contributed by atoms with Crippen molar-refractivity contribution in [1.82, 2.24) is 4.72 Å². The lowest BCUT2D eigenvalue weighted by atomic mass is 10.1. The van der Waals surface area contributed by atoms with E-state index in [0.29, 0.717) is 23.2 Å². The summed E-state index contributed by atoms with van der Waals surface area (Å²) in [5.74, 6) is -0.441. The first-order valence-electron chi connectivity index (χ1n) is 6.55. The van der Waals surface area contributed by atoms with Gasteiger partial charge in [0.05, 0.1) is 4.90 Å². The Balaban J connectivity index is 2.27. The van der Waals surface area contributed by atoms with Crippen LogP contribution in [0.2, 0.25) is 0 Å². The quantitative estimate of drug-likeness (QED) is 0.833. The topological polar surface area (TPSA) is 72.2 Å². The van der Waals surface area contributed by atoms with Gasteiger partial charge in [-0.05, 0) is 30.2 Å². The first-order chi connectivity index (χ1) is 9.94. The van der Waals surface area contributed by atoms with Crippen molar-refractivity contribution < 1.29 is 12.8 Å². The Labute approximate surface area is 123 Å². The standard InChI is InChI=1S/C15H17FN2O2S/c1-2-11-7-8-13(17)9-15(11)21(19,20)18-10-12-5-3-4-6-14(12)16/h3-9,18H,2,10,17H2,1H3. The van der Waals surface area contributed by atoms with Gasteiger partial charge in [-0.15, -0.1) is 0 Å². The molecule has 0 bridgehead atoms. The fraction of sp³-hybridized carbons (Fsp3) is 0.200. The fourth-order valence-corrected chi connectivity index (χ4v) is 3.36. The van der Waals surface area contributed by atoms with Crippen molar-refractivity contribution >= 4 is 15.7 Å². The molecule has 0 atom stereocenters. The van der Waals surface area contributed by atoms with Crippen LogP contribution in [-0.2, 0) is 23.0 Å². The minimum Gasteiger partial charge on any atom is -0.399 e. The lowest BCUT2D eigenvalue weighted by Gasteiger charge is -2.11. The number of benzene rings is 2. The van der Waals surface area contributed by atoms with Crippen molar-refractivity contribution in [3.63, 3.8) is 0 Å². The largest absolute Gasteiger partial charge is 0.399 e. The Hall–Kier alpha value is -1.92. The second-order valence-electron chi connectivity index (χ2n) is 4.64. The van der Waals surface area contributed by atoms with Gasteiger partial charge < -0.3 is 5.73 Å². The van der Waals surface area contributed by atoms with Crippen LogP contribution < -0.4 is 10.5 Å². The van der Waals surface area contributed by atoms with Crippen molar-refractivity contribution in [2.45, 2.75) is 24.8 Å². The van der Waals surface area contributed by atoms with Crippen LogP contribution in [0.3, 0.4) is 0 Å². The summed E-state index contributed by atoms with van der Waals surface area (Å²) in [6.07, 6.45) is 0.566. The number of sulfonamides is 1. The predicted octanol–water partition coefficient (Wildman–Crippen LogP) is 2.45. The van der Waals surface area contributed by atoms with Crippen LogP contribution in [0.25, 0.3) is 0 Å². The molecule has 0 aromatic heterocycles. The van der Waals surface area contributed by atoms with Gasteiger partial charge in [-0.1, -0.05) is 31.2 Å². The highest BCUT2D eigenvalue weighted by atomic mass is 32.2. The van der Waals surface area contributed by atoms with Gasteiger partial charge in [0, 0.05) is 17.8 Å². The van der Waals surface area contributed by atoms with E-state index in [2.05, 4.69) is 4.72 Å². The molecule has 2 aromatic carbocycles. The smallest absolute Gasteiger partial charge is 0.241 e. The number of nitrogens with two attached hydrogens (primary N) is 1. The van der Waals surface area contributed by atoms with E-state index >= 15 is 0 Å². The molecule has 0 fully saturated rings. The third-order valence-electron chi connectivity index (χ3n) is 3.17. The van der Waals surface area contributed by atoms with Gasteiger partial charge in [0.2, 0.25) is 10.0 Å². The number of nitrogens with one attached hydrogen (secondary N) is 1. The SMILES string of the molecule is CCc1ccc(N)cc1S(=O)(=O)NCc1ccccc1F. The molecular weight excluding hydrogens is 291 g/mol. The zero-order valence-electron chi connectivity index (χ0n) is 11.6. The van der Waals surface area contributed by atoms with Gasteiger partial charge in [-0.25, -0.2) is 17.5 Å². The van der Waals surface area contributed by atoms with Crippen molar-refractivity contribution in [2.24, 2.45) is 0 Å². The summed E-state index contributed by atoms with van der Waals surface area (Å²) in [6.45, 7) is 1.76. The van der Waals surface area contributed by atoms with E-state index in [1.54, 1.807) is 24.3 Å². The summed E-state index contributed by atoms with van der Waals surface area (Å²) in [6, 6.07) is 10.8. The molecule has 4 nitrogen and oxygen atoms in total. The summed E-state index contributed by atoms with van der Waals surface area (Å²) < 4.78 is 40.7. The molecule has 21 heavy (non-hydrogen) atoms. The molecule has 0 amide bonds. The minimum absolute atomic E-state index is 0.104. The fourth-order valence-electron chi connectivity index (χ4n) is 2.01. The maximum Gasteiger partial charge on any atom is 0.241 e. The monoisotopic (exact) mass is 308 g/mol. The molecule has 112 valence electrons. The van der Waals surface area contributed by atoms with Crippen molar-refractivity contribution in [2.75, 3.05) is 5.73 Å². The van der Waals surface area contributed by atoms with Crippen molar-refractivity contribution in [3.05, 3.63) is 59.4 Å². The van der Waals surface area contributed by atoms with E-state index in [0.717, 1.165) is 0 Å². The van der Waals surface area contributed by atoms with Gasteiger partial charge in [-0.2, -0.15) is 0 Å². The third kappa shape index (κ3) is 3.59. The van der Waals surface area contributed by atoms with Crippen LogP contribution in [0.5, 0.6) is 0 Å². The molecule has 0 aliphatic rings. The maximum absolute atomic E-state index is 13.5. The van der Waals surface area contributed by atoms with Gasteiger partial charge in [0.25, 0.3) is 0 Å². The van der Waals surface area contributed by atoms with Crippen LogP contribution in [0.1, 0.15) is 18.1 Å². The molecule has 0 unspecified atom stereocenters. The summed E-state index contributed by atoms with van der Waals surface area (Å²) >= 11 is 0. The Kier molecular flexibility index (Phi) is 4.59. The van der Waals surface area contributed by atoms with E-state index < -0.39 is 15.8 Å². The normalized spacial score (nSPS) is 11.5. The lowest BCUT2D eigenvalue weighted by molar-refractivity contribution is 0.573. The molecule has 0 spiro atoms. The first-order valence-corrected chi connectivity index (χ1v) is 8.04. The predicted molar refractivity (Wildman–Crippen MR) is 80.7 cm³/mol. The van der Waals surface area contributed by atoms with Crippen molar-refractivity contribution in [3.8, 4) is 0 Å². The number of anilines is 1. The Morgan fingerprint density at radius 2 is 1.86 bits per heavy atom. The van der Waals surface area contributed by atoms with E-state index in [1.807, 2.05) is 6.92 Å². The molecular formula is C15H17FN2O2S. The second kappa shape index (κ2) is 6.24. The molecule has 0 saturated carbocycles. The molecule has 3 N–H and O–H groups in total. The van der Waals surface area contributed by atoms with Crippen molar-refractivity contribution in [1.29, 1.82) is 0 Å². The van der Waals surface area contributed by atoms with E-state index in [4.69, 9.17) is 5.73 Å². The van der Waals surface area contributed by atoms with Crippen LogP contribution in [0.15, 0.2) is 47.4 Å².